The number of nitrogens with zero attached hydrogens (tertiary/aromatic N) is 2. The van der Waals surface area contributed by atoms with Crippen LogP contribution in [0.2, 0.25) is 0 Å². The number of aliphatic carboxylic acids is 1. The zero-order chi connectivity index (χ0) is 28.2. The van der Waals surface area contributed by atoms with Crippen LogP contribution in [-0.2, 0) is 11.2 Å². The number of nitrogens with two attached hydrogens (primary N) is 2. The molecule has 0 aliphatic heterocycles. The number of benzene rings is 3. The molecule has 202 valence electrons. The topological polar surface area (TPSA) is 124 Å². The largest absolute Gasteiger partial charge is 0.480 e. The second-order valence-corrected chi connectivity index (χ2v) is 9.53. The highest BCUT2D eigenvalue weighted by molar-refractivity contribution is 7.98. The van der Waals surface area contributed by atoms with Gasteiger partial charge in [-0.2, -0.15) is 18.2 Å². The van der Waals surface area contributed by atoms with Crippen LogP contribution in [0.4, 0.5) is 19.1 Å². The maximum atomic E-state index is 14.4. The van der Waals surface area contributed by atoms with Crippen molar-refractivity contribution < 1.29 is 27.8 Å². The van der Waals surface area contributed by atoms with E-state index in [1.807, 2.05) is 18.4 Å². The van der Waals surface area contributed by atoms with Gasteiger partial charge in [-0.05, 0) is 41.5 Å². The molecular formula is C28H25F3N4O3S. The summed E-state index contributed by atoms with van der Waals surface area (Å²) in [5.74, 6) is -1.73. The summed E-state index contributed by atoms with van der Waals surface area (Å²) in [5, 5.41) is 9.00. The molecule has 1 heterocycles. The molecule has 1 unspecified atom stereocenters. The highest BCUT2D eigenvalue weighted by Gasteiger charge is 2.44. The summed E-state index contributed by atoms with van der Waals surface area (Å²) in [6.45, 7) is 0. The Bertz CT molecular complexity index is 1470. The monoisotopic (exact) mass is 554 g/mol. The second kappa shape index (κ2) is 11.7. The smallest absolute Gasteiger partial charge is 0.429 e. The minimum atomic E-state index is -4.77. The first kappa shape index (κ1) is 27.9. The Hall–Kier alpha value is -4.09. The van der Waals surface area contributed by atoms with Crippen molar-refractivity contribution in [3.05, 3.63) is 90.0 Å². The van der Waals surface area contributed by atoms with Gasteiger partial charge in [0.25, 0.3) is 0 Å². The molecular weight excluding hydrogens is 529 g/mol. The molecule has 0 bridgehead atoms. The van der Waals surface area contributed by atoms with Gasteiger partial charge < -0.3 is 21.3 Å². The number of ether oxygens (including phenoxy) is 1. The number of nitrogen functional groups attached to an aromatic ring is 1. The molecule has 2 atom stereocenters. The molecule has 0 aliphatic rings. The Morgan fingerprint density at radius 2 is 1.72 bits per heavy atom. The number of carboxylic acid groups (broad SMARTS) is 1. The van der Waals surface area contributed by atoms with Gasteiger partial charge in [-0.15, -0.1) is 11.8 Å². The normalized spacial score (nSPS) is 13.1. The first-order valence-electron chi connectivity index (χ1n) is 11.7. The molecule has 1 aromatic heterocycles. The standard InChI is InChI=1S/C28H25F3N4O3S/c1-39-19-6-4-5-18(14-19)20-7-2-3-8-21(20)25(28(29,30)31)38-24-15-23(34-27(33)35-24)17-11-9-16(10-12-17)13-22(32)26(36)37/h2-12,14-15,22,25H,13,32H2,1H3,(H,36,37)(H2,33,34,35)/t22-,25?/m0/s1. The highest BCUT2D eigenvalue weighted by Crippen LogP contribution is 2.41. The van der Waals surface area contributed by atoms with Crippen molar-refractivity contribution in [2.24, 2.45) is 5.73 Å². The van der Waals surface area contributed by atoms with E-state index < -0.39 is 24.3 Å². The number of carboxylic acids is 1. The Kier molecular flexibility index (Phi) is 8.41. The van der Waals surface area contributed by atoms with Crippen LogP contribution in [0.1, 0.15) is 17.2 Å². The van der Waals surface area contributed by atoms with Crippen molar-refractivity contribution in [3.63, 3.8) is 0 Å². The van der Waals surface area contributed by atoms with Gasteiger partial charge in [0.15, 0.2) is 0 Å². The summed E-state index contributed by atoms with van der Waals surface area (Å²) < 4.78 is 48.7. The maximum Gasteiger partial charge on any atom is 0.429 e. The zero-order valence-corrected chi connectivity index (χ0v) is 21.5. The highest BCUT2D eigenvalue weighted by atomic mass is 32.2. The molecule has 4 rings (SSSR count). The van der Waals surface area contributed by atoms with Gasteiger partial charge in [-0.1, -0.05) is 60.7 Å². The molecule has 7 nitrogen and oxygen atoms in total. The van der Waals surface area contributed by atoms with E-state index in [-0.39, 0.29) is 29.5 Å². The quantitative estimate of drug-likeness (QED) is 0.223. The zero-order valence-electron chi connectivity index (χ0n) is 20.7. The Labute approximate surface area is 227 Å². The van der Waals surface area contributed by atoms with Crippen LogP contribution in [0.15, 0.2) is 83.8 Å². The Balaban J connectivity index is 1.68. The molecule has 0 spiro atoms. The molecule has 0 saturated heterocycles. The van der Waals surface area contributed by atoms with E-state index in [9.17, 15) is 18.0 Å². The predicted octanol–water partition coefficient (Wildman–Crippen LogP) is 5.75. The average Bonchev–Trinajstić information content (AvgIpc) is 2.91. The molecule has 0 saturated carbocycles. The van der Waals surface area contributed by atoms with Gasteiger partial charge in [0, 0.05) is 22.1 Å². The van der Waals surface area contributed by atoms with Crippen molar-refractivity contribution in [2.45, 2.75) is 29.6 Å². The molecule has 4 aromatic rings. The molecule has 11 heteroatoms. The predicted molar refractivity (Wildman–Crippen MR) is 144 cm³/mol. The SMILES string of the molecule is CSc1cccc(-c2ccccc2C(Oc2cc(-c3ccc(C[C@H](N)C(=O)O)cc3)nc(N)n2)C(F)(F)F)c1. The van der Waals surface area contributed by atoms with E-state index in [1.54, 1.807) is 48.5 Å². The van der Waals surface area contributed by atoms with Crippen LogP contribution >= 0.6 is 11.8 Å². The molecule has 0 aliphatic carbocycles. The van der Waals surface area contributed by atoms with E-state index in [4.69, 9.17) is 21.3 Å². The van der Waals surface area contributed by atoms with Gasteiger partial charge in [0.05, 0.1) is 5.69 Å². The van der Waals surface area contributed by atoms with Crippen molar-refractivity contribution in [1.82, 2.24) is 9.97 Å². The number of hydrogen-bond acceptors (Lipinski definition) is 7. The van der Waals surface area contributed by atoms with Crippen LogP contribution in [0.25, 0.3) is 22.4 Å². The summed E-state index contributed by atoms with van der Waals surface area (Å²) in [6.07, 6.45) is -5.09. The third-order valence-corrected chi connectivity index (χ3v) is 6.63. The Morgan fingerprint density at radius 1 is 1.00 bits per heavy atom. The van der Waals surface area contributed by atoms with E-state index in [2.05, 4.69) is 9.97 Å². The summed E-state index contributed by atoms with van der Waals surface area (Å²) in [5.41, 5.74) is 13.8. The number of halogens is 3. The third-order valence-electron chi connectivity index (χ3n) is 5.90. The summed E-state index contributed by atoms with van der Waals surface area (Å²) >= 11 is 1.49. The molecule has 5 N–H and O–H groups in total. The molecule has 0 amide bonds. The number of alkyl halides is 3. The number of aromatic nitrogens is 2. The lowest BCUT2D eigenvalue weighted by atomic mass is 9.96. The number of thioether (sulfide) groups is 1. The van der Waals surface area contributed by atoms with E-state index in [1.165, 1.54) is 30.0 Å². The van der Waals surface area contributed by atoms with Crippen molar-refractivity contribution in [3.8, 4) is 28.3 Å². The number of carbonyl (C=O) groups is 1. The number of anilines is 1. The summed E-state index contributed by atoms with van der Waals surface area (Å²) in [4.78, 5) is 20.0. The van der Waals surface area contributed by atoms with E-state index >= 15 is 0 Å². The summed E-state index contributed by atoms with van der Waals surface area (Å²) in [6, 6.07) is 20.3. The van der Waals surface area contributed by atoms with E-state index in [0.29, 0.717) is 22.3 Å². The maximum absolute atomic E-state index is 14.4. The Morgan fingerprint density at radius 3 is 2.38 bits per heavy atom. The minimum Gasteiger partial charge on any atom is -0.480 e. The van der Waals surface area contributed by atoms with Gasteiger partial charge in [-0.3, -0.25) is 4.79 Å². The van der Waals surface area contributed by atoms with Crippen LogP contribution in [0.3, 0.4) is 0 Å². The van der Waals surface area contributed by atoms with Crippen LogP contribution in [0.5, 0.6) is 5.88 Å². The van der Waals surface area contributed by atoms with Crippen LogP contribution < -0.4 is 16.2 Å². The lowest BCUT2D eigenvalue weighted by molar-refractivity contribution is -0.198. The molecule has 0 fully saturated rings. The molecule has 3 aromatic carbocycles. The average molecular weight is 555 g/mol. The van der Waals surface area contributed by atoms with Crippen LogP contribution in [-0.4, -0.2) is 39.5 Å². The lowest BCUT2D eigenvalue weighted by Crippen LogP contribution is -2.32. The van der Waals surface area contributed by atoms with Gasteiger partial charge >= 0.3 is 12.1 Å². The fourth-order valence-corrected chi connectivity index (χ4v) is 4.47. The van der Waals surface area contributed by atoms with Crippen molar-refractivity contribution in [2.75, 3.05) is 12.0 Å². The molecule has 39 heavy (non-hydrogen) atoms. The third kappa shape index (κ3) is 6.87. The molecule has 0 radical (unpaired) electrons. The van der Waals surface area contributed by atoms with Crippen molar-refractivity contribution >= 4 is 23.7 Å². The fourth-order valence-electron chi connectivity index (χ4n) is 4.01. The fraction of sp³-hybridized carbons (Fsp3) is 0.179. The van der Waals surface area contributed by atoms with Crippen molar-refractivity contribution in [1.29, 1.82) is 0 Å². The van der Waals surface area contributed by atoms with Gasteiger partial charge in [0.2, 0.25) is 17.9 Å². The number of hydrogen-bond donors (Lipinski definition) is 3. The summed E-state index contributed by atoms with van der Waals surface area (Å²) in [7, 11) is 0. The minimum absolute atomic E-state index is 0.0684. The van der Waals surface area contributed by atoms with Gasteiger partial charge in [0.1, 0.15) is 6.04 Å². The first-order chi connectivity index (χ1) is 18.5. The number of rotatable bonds is 9. The van der Waals surface area contributed by atoms with Crippen LogP contribution in [0, 0.1) is 0 Å². The second-order valence-electron chi connectivity index (χ2n) is 8.65. The lowest BCUT2D eigenvalue weighted by Gasteiger charge is -2.24. The van der Waals surface area contributed by atoms with E-state index in [0.717, 1.165) is 4.90 Å². The first-order valence-corrected chi connectivity index (χ1v) is 13.0. The van der Waals surface area contributed by atoms with Gasteiger partial charge in [-0.25, -0.2) is 4.98 Å².